The van der Waals surface area contributed by atoms with Crippen molar-refractivity contribution >= 4 is 0 Å². The summed E-state index contributed by atoms with van der Waals surface area (Å²) < 4.78 is 19.1. The number of aliphatic hydroxyl groups excluding tert-OH is 1. The molecule has 1 aromatic heterocycles. The van der Waals surface area contributed by atoms with Crippen molar-refractivity contribution in [1.82, 2.24) is 10.2 Å². The van der Waals surface area contributed by atoms with E-state index >= 15 is 0 Å². The van der Waals surface area contributed by atoms with Gasteiger partial charge in [-0.2, -0.15) is 0 Å². The molecule has 0 bridgehead atoms. The number of benzene rings is 3. The fourth-order valence-electron chi connectivity index (χ4n) is 5.87. The number of aliphatic hydroxyl groups is 1. The molecule has 0 aliphatic heterocycles. The number of likely N-dealkylation sites (N-methyl/N-ethyl adjacent to an activating group) is 1. The van der Waals surface area contributed by atoms with Crippen LogP contribution in [-0.4, -0.2) is 66.8 Å². The molecule has 1 heterocycles. The van der Waals surface area contributed by atoms with Crippen LogP contribution in [0.1, 0.15) is 89.4 Å². The number of hydrogen-bond donors (Lipinski definition) is 1. The Labute approximate surface area is 282 Å². The lowest BCUT2D eigenvalue weighted by molar-refractivity contribution is -0.890. The third-order valence-electron chi connectivity index (χ3n) is 8.88. The van der Waals surface area contributed by atoms with Gasteiger partial charge in [-0.05, 0) is 73.2 Å². The van der Waals surface area contributed by atoms with Gasteiger partial charge in [-0.3, -0.25) is 0 Å². The first-order valence-corrected chi connectivity index (χ1v) is 17.7. The van der Waals surface area contributed by atoms with E-state index in [2.05, 4.69) is 67.6 Å². The van der Waals surface area contributed by atoms with Crippen LogP contribution in [-0.2, 0) is 0 Å². The molecule has 0 saturated heterocycles. The van der Waals surface area contributed by atoms with Gasteiger partial charge in [0.2, 0.25) is 11.8 Å². The number of rotatable bonds is 23. The third-order valence-corrected chi connectivity index (χ3v) is 8.88. The minimum Gasteiger partial charge on any atom is -0.494 e. The van der Waals surface area contributed by atoms with Gasteiger partial charge in [0.15, 0.2) is 0 Å². The van der Waals surface area contributed by atoms with Gasteiger partial charge in [0, 0.05) is 11.5 Å². The number of hydrogen-bond acceptors (Lipinski definition) is 6. The highest BCUT2D eigenvalue weighted by Crippen LogP contribution is 2.30. The number of para-hydroxylation sites is 1. The Balaban J connectivity index is 1.30. The monoisotopic (exact) mass is 642 g/mol. The van der Waals surface area contributed by atoms with Crippen molar-refractivity contribution in [3.63, 3.8) is 0 Å². The van der Waals surface area contributed by atoms with Crippen LogP contribution in [0.4, 0.5) is 0 Å². The van der Waals surface area contributed by atoms with Crippen LogP contribution in [0.5, 0.6) is 11.5 Å². The lowest BCUT2D eigenvalue weighted by atomic mass is 9.99. The molecule has 4 rings (SSSR count). The molecule has 4 aromatic rings. The van der Waals surface area contributed by atoms with Gasteiger partial charge in [0.05, 0.1) is 40.5 Å². The first-order valence-electron chi connectivity index (χ1n) is 17.7. The maximum absolute atomic E-state index is 9.42. The molecule has 0 aliphatic carbocycles. The van der Waals surface area contributed by atoms with E-state index in [4.69, 9.17) is 13.9 Å². The summed E-state index contributed by atoms with van der Waals surface area (Å²) >= 11 is 0. The summed E-state index contributed by atoms with van der Waals surface area (Å²) in [5.74, 6) is 3.05. The molecule has 0 radical (unpaired) electrons. The van der Waals surface area contributed by atoms with Gasteiger partial charge in [0.1, 0.15) is 18.0 Å². The third kappa shape index (κ3) is 12.8. The number of unbranched alkanes of at least 4 members (excludes halogenated alkanes) is 7. The van der Waals surface area contributed by atoms with E-state index in [1.807, 2.05) is 42.5 Å². The first-order chi connectivity index (χ1) is 23.0. The van der Waals surface area contributed by atoms with Crippen molar-refractivity contribution in [3.05, 3.63) is 84.8 Å². The average molecular weight is 643 g/mol. The van der Waals surface area contributed by atoms with Crippen LogP contribution < -0.4 is 9.47 Å². The lowest BCUT2D eigenvalue weighted by Crippen LogP contribution is -2.42. The van der Waals surface area contributed by atoms with E-state index < -0.39 is 0 Å². The highest BCUT2D eigenvalue weighted by Gasteiger charge is 2.22. The molecule has 0 saturated carbocycles. The predicted molar refractivity (Wildman–Crippen MR) is 191 cm³/mol. The molecule has 0 fully saturated rings. The van der Waals surface area contributed by atoms with Crippen LogP contribution in [0.3, 0.4) is 0 Å². The SMILES string of the molecule is CCCCCCCCCCOc1ccc(-c2ccc(-c3nnc(C(CCC[N+](C)(C)CCO)CCOc4ccccc4)o3)cc2)cc1. The Kier molecular flexibility index (Phi) is 15.3. The Morgan fingerprint density at radius 3 is 1.91 bits per heavy atom. The van der Waals surface area contributed by atoms with Gasteiger partial charge >= 0.3 is 0 Å². The fraction of sp³-hybridized carbons (Fsp3) is 0.500. The van der Waals surface area contributed by atoms with Gasteiger partial charge in [-0.15, -0.1) is 10.2 Å². The second-order valence-corrected chi connectivity index (χ2v) is 13.3. The van der Waals surface area contributed by atoms with Crippen molar-refractivity contribution < 1.29 is 23.5 Å². The van der Waals surface area contributed by atoms with E-state index in [0.717, 1.165) is 78.1 Å². The first kappa shape index (κ1) is 36.2. The highest BCUT2D eigenvalue weighted by atomic mass is 16.5. The van der Waals surface area contributed by atoms with Gasteiger partial charge in [0.25, 0.3) is 0 Å². The topological polar surface area (TPSA) is 77.6 Å². The van der Waals surface area contributed by atoms with Gasteiger partial charge < -0.3 is 23.5 Å². The van der Waals surface area contributed by atoms with Crippen molar-refractivity contribution in [2.45, 2.75) is 83.5 Å². The molecule has 47 heavy (non-hydrogen) atoms. The molecule has 1 unspecified atom stereocenters. The second-order valence-electron chi connectivity index (χ2n) is 13.3. The summed E-state index contributed by atoms with van der Waals surface area (Å²) in [5.41, 5.74) is 3.17. The van der Waals surface area contributed by atoms with Crippen molar-refractivity contribution in [2.24, 2.45) is 0 Å². The number of nitrogens with zero attached hydrogens (tertiary/aromatic N) is 3. The summed E-state index contributed by atoms with van der Waals surface area (Å²) in [4.78, 5) is 0. The van der Waals surface area contributed by atoms with E-state index in [1.165, 1.54) is 44.9 Å². The molecule has 1 atom stereocenters. The Hall–Kier alpha value is -3.68. The summed E-state index contributed by atoms with van der Waals surface area (Å²) in [6, 6.07) is 26.5. The number of quaternary nitrogens is 1. The quantitative estimate of drug-likeness (QED) is 0.0642. The molecular formula is C40H56N3O4+. The molecule has 7 heteroatoms. The van der Waals surface area contributed by atoms with E-state index in [0.29, 0.717) is 18.4 Å². The maximum Gasteiger partial charge on any atom is 0.247 e. The summed E-state index contributed by atoms with van der Waals surface area (Å²) in [5, 5.41) is 18.3. The number of aromatic nitrogens is 2. The van der Waals surface area contributed by atoms with Crippen LogP contribution in [0, 0.1) is 0 Å². The molecule has 3 aromatic carbocycles. The van der Waals surface area contributed by atoms with E-state index in [-0.39, 0.29) is 12.5 Å². The van der Waals surface area contributed by atoms with E-state index in [9.17, 15) is 5.11 Å². The molecule has 1 N–H and O–H groups in total. The fourth-order valence-corrected chi connectivity index (χ4v) is 5.87. The molecule has 0 spiro atoms. The number of ether oxygens (including phenoxy) is 2. The van der Waals surface area contributed by atoms with Gasteiger partial charge in [-0.25, -0.2) is 0 Å². The Morgan fingerprint density at radius 2 is 1.23 bits per heavy atom. The molecule has 0 aliphatic rings. The lowest BCUT2D eigenvalue weighted by Gasteiger charge is -2.29. The smallest absolute Gasteiger partial charge is 0.247 e. The Morgan fingerprint density at radius 1 is 0.638 bits per heavy atom. The molecule has 254 valence electrons. The highest BCUT2D eigenvalue weighted by molar-refractivity contribution is 5.67. The normalized spacial score (nSPS) is 12.3. The van der Waals surface area contributed by atoms with Crippen LogP contribution >= 0.6 is 0 Å². The predicted octanol–water partition coefficient (Wildman–Crippen LogP) is 9.32. The van der Waals surface area contributed by atoms with Crippen LogP contribution in [0.2, 0.25) is 0 Å². The van der Waals surface area contributed by atoms with Crippen molar-refractivity contribution in [2.75, 3.05) is 47.0 Å². The Bertz CT molecular complexity index is 1390. The minimum absolute atomic E-state index is 0.0876. The molecule has 0 amide bonds. The maximum atomic E-state index is 9.42. The zero-order valence-corrected chi connectivity index (χ0v) is 28.9. The van der Waals surface area contributed by atoms with Gasteiger partial charge in [-0.1, -0.05) is 94.3 Å². The second kappa shape index (κ2) is 19.9. The van der Waals surface area contributed by atoms with Crippen LogP contribution in [0.15, 0.2) is 83.3 Å². The largest absolute Gasteiger partial charge is 0.494 e. The van der Waals surface area contributed by atoms with Crippen LogP contribution in [0.25, 0.3) is 22.6 Å². The minimum atomic E-state index is 0.0876. The van der Waals surface area contributed by atoms with Crippen molar-refractivity contribution in [1.29, 1.82) is 0 Å². The molecular weight excluding hydrogens is 586 g/mol. The van der Waals surface area contributed by atoms with Crippen molar-refractivity contribution in [3.8, 4) is 34.1 Å². The zero-order valence-electron chi connectivity index (χ0n) is 28.9. The standard InChI is InChI=1S/C40H56N3O4/c1-4-5-6-7-8-9-10-14-31-45-38-25-23-34(24-26-38)33-19-21-36(22-20-33)40-42-41-39(47-40)35(16-15-28-43(2,3)29-30-44)27-32-46-37-17-12-11-13-18-37/h11-13,17-26,35,44H,4-10,14-16,27-32H2,1-3H3/q+1. The average Bonchev–Trinajstić information content (AvgIpc) is 3.58. The summed E-state index contributed by atoms with van der Waals surface area (Å²) in [7, 11) is 4.30. The zero-order chi connectivity index (χ0) is 33.2. The summed E-state index contributed by atoms with van der Waals surface area (Å²) in [6.45, 7) is 5.49. The summed E-state index contributed by atoms with van der Waals surface area (Å²) in [6.07, 6.45) is 13.1. The van der Waals surface area contributed by atoms with E-state index in [1.54, 1.807) is 0 Å². The molecule has 7 nitrogen and oxygen atoms in total.